The Morgan fingerprint density at radius 3 is 0.691 bits per heavy atom. The second-order valence-corrected chi connectivity index (χ2v) is 44.6. The molecule has 15 heteroatoms. The fourth-order valence-electron chi connectivity index (χ4n) is 20.9. The number of ether oxygens (including phenoxy) is 4. The van der Waals surface area contributed by atoms with Gasteiger partial charge in [0.15, 0.2) is 0 Å². The van der Waals surface area contributed by atoms with Crippen molar-refractivity contribution in [1.82, 2.24) is 20.0 Å². The number of hydrogen-bond acceptors (Lipinski definition) is 12. The van der Waals surface area contributed by atoms with Crippen LogP contribution in [0.3, 0.4) is 0 Å². The van der Waals surface area contributed by atoms with Crippen LogP contribution in [0, 0.1) is 23.7 Å². The van der Waals surface area contributed by atoms with Gasteiger partial charge in [0.25, 0.3) is 0 Å². The second-order valence-electron chi connectivity index (χ2n) is 43.8. The van der Waals surface area contributed by atoms with Crippen LogP contribution in [0.15, 0.2) is 0 Å². The Hall–Kier alpha value is -2.78. The minimum atomic E-state index is -0.00477. The number of unbranched alkanes of at least 4 members (excludes halogenated alkanes) is 52. The Bertz CT molecular complexity index is 2450. The number of likely N-dealkylation sites (tertiary alicyclic amines) is 1. The summed E-state index contributed by atoms with van der Waals surface area (Å²) in [6, 6.07) is 0.673. The van der Waals surface area contributed by atoms with Crippen LogP contribution in [0.4, 0.5) is 0 Å². The summed E-state index contributed by atoms with van der Waals surface area (Å²) in [6.07, 6.45) is 105. The smallest absolute Gasteiger partial charge is 0.305 e. The molecule has 2 rings (SSSR count). The van der Waals surface area contributed by atoms with E-state index in [2.05, 4.69) is 105 Å². The van der Waals surface area contributed by atoms with E-state index < -0.39 is 0 Å². The molecule has 0 spiro atoms. The monoisotopic (exact) mass is 2030 g/mol. The zero-order chi connectivity index (χ0) is 101. The molecule has 0 aromatic carbocycles. The maximum atomic E-state index is 14.2. The third-order valence-corrected chi connectivity index (χ3v) is 31.0. The molecule has 2 aliphatic heterocycles. The highest BCUT2D eigenvalue weighted by Gasteiger charge is 2.27. The standard InChI is InChI=1S/C62H120N2O5.C58H112BrNO5.C4H9N/c1-6-11-16-19-20-25-30-38-54-64(60(65)48-37-39-51-63-52-40-41-53-63)59(46-33-26-21-23-28-35-49-61(66)68-55-57(42-14-9-4)44-31-17-12-7-2)47-34-27-22-24-29-36-50-62(67)69-56-58(43-15-10-5)45-32-18-13-8-3;1-6-11-16-19-20-25-30-39-50-60(56(61)46-37-38-49-59)55(44-33-26-21-23-28-35-47-57(62)64-51-53(40-14-9-4)42-31-17-12-7-2)45-34-27-22-24-29-36-48-58(63)65-52-54(41-15-10-5)43-32-18-13-8-3;1-2-4-5-3-1/h57-59H,6-56H2,1-5H3;53-55H,6-52H2,1-5H3;5H,1-4H2. The predicted octanol–water partition coefficient (Wildman–Crippen LogP) is 37.6. The first-order valence-electron chi connectivity index (χ1n) is 62.4. The second kappa shape index (κ2) is 109. The molecule has 1 N–H and O–H groups in total. The predicted molar refractivity (Wildman–Crippen MR) is 604 cm³/mol. The third-order valence-electron chi connectivity index (χ3n) is 30.4. The number of rotatable bonds is 105. The molecule has 4 atom stereocenters. The van der Waals surface area contributed by atoms with Crippen LogP contribution < -0.4 is 5.32 Å². The summed E-state index contributed by atoms with van der Waals surface area (Å²) in [5, 5.41) is 4.18. The highest BCUT2D eigenvalue weighted by molar-refractivity contribution is 9.09. The molecule has 0 aliphatic carbocycles. The van der Waals surface area contributed by atoms with E-state index in [-0.39, 0.29) is 23.9 Å². The van der Waals surface area contributed by atoms with Crippen molar-refractivity contribution in [2.45, 2.75) is 659 Å². The number of nitrogens with zero attached hydrogens (tertiary/aromatic N) is 3. The summed E-state index contributed by atoms with van der Waals surface area (Å²) >= 11 is 3.58. The molecule has 0 bridgehead atoms. The lowest BCUT2D eigenvalue weighted by molar-refractivity contribution is -0.146. The largest absolute Gasteiger partial charge is 0.465 e. The van der Waals surface area contributed by atoms with E-state index in [4.69, 9.17) is 18.9 Å². The molecule has 824 valence electrons. The zero-order valence-corrected chi connectivity index (χ0v) is 96.5. The highest BCUT2D eigenvalue weighted by atomic mass is 79.9. The van der Waals surface area contributed by atoms with Gasteiger partial charge in [-0.3, -0.25) is 28.8 Å². The number of amides is 2. The molecular weight excluding hydrogens is 1790 g/mol. The molecule has 0 aromatic heterocycles. The lowest BCUT2D eigenvalue weighted by Crippen LogP contribution is -2.41. The zero-order valence-electron chi connectivity index (χ0n) is 94.9. The van der Waals surface area contributed by atoms with Gasteiger partial charge >= 0.3 is 23.9 Å². The summed E-state index contributed by atoms with van der Waals surface area (Å²) in [5.41, 5.74) is 0. The quantitative estimate of drug-likeness (QED) is 0.0266. The van der Waals surface area contributed by atoms with Crippen LogP contribution in [-0.4, -0.2) is 140 Å². The Morgan fingerprint density at radius 1 is 0.237 bits per heavy atom. The average Bonchev–Trinajstić information content (AvgIpc) is 1.87. The number of carbonyl (C=O) groups excluding carboxylic acids is 6. The maximum absolute atomic E-state index is 14.2. The van der Waals surface area contributed by atoms with Gasteiger partial charge in [-0.1, -0.05) is 458 Å². The molecule has 4 unspecified atom stereocenters. The summed E-state index contributed by atoms with van der Waals surface area (Å²) < 4.78 is 23.2. The Morgan fingerprint density at radius 2 is 0.446 bits per heavy atom. The van der Waals surface area contributed by atoms with Crippen molar-refractivity contribution in [3.63, 3.8) is 0 Å². The molecule has 2 aliphatic rings. The van der Waals surface area contributed by atoms with E-state index in [1.165, 1.54) is 437 Å². The van der Waals surface area contributed by atoms with Gasteiger partial charge in [-0.2, -0.15) is 0 Å². The van der Waals surface area contributed by atoms with Crippen LogP contribution in [-0.2, 0) is 47.7 Å². The maximum Gasteiger partial charge on any atom is 0.305 e. The van der Waals surface area contributed by atoms with Gasteiger partial charge in [-0.05, 0) is 223 Å². The van der Waals surface area contributed by atoms with Crippen molar-refractivity contribution in [2.24, 2.45) is 23.7 Å². The fraction of sp³-hybridized carbons (Fsp3) is 0.952. The first-order chi connectivity index (χ1) is 68.2. The summed E-state index contributed by atoms with van der Waals surface area (Å²) in [6.45, 7) is 33.0. The van der Waals surface area contributed by atoms with Gasteiger partial charge in [0.1, 0.15) is 0 Å². The minimum absolute atomic E-state index is 0.000221. The van der Waals surface area contributed by atoms with Gasteiger partial charge < -0.3 is 39.0 Å². The summed E-state index contributed by atoms with van der Waals surface area (Å²) in [5.74, 6) is 2.87. The minimum Gasteiger partial charge on any atom is -0.465 e. The average molecular weight is 2030 g/mol. The van der Waals surface area contributed by atoms with E-state index in [0.717, 1.165) is 153 Å². The number of esters is 4. The third kappa shape index (κ3) is 92.3. The van der Waals surface area contributed by atoms with Gasteiger partial charge in [0, 0.05) is 69.0 Å². The molecule has 2 heterocycles. The van der Waals surface area contributed by atoms with Crippen molar-refractivity contribution in [1.29, 1.82) is 0 Å². The van der Waals surface area contributed by atoms with Crippen LogP contribution in [0.25, 0.3) is 0 Å². The number of hydrogen-bond donors (Lipinski definition) is 1. The van der Waals surface area contributed by atoms with Crippen molar-refractivity contribution < 1.29 is 47.7 Å². The van der Waals surface area contributed by atoms with Crippen LogP contribution in [0.2, 0.25) is 0 Å². The fourth-order valence-corrected chi connectivity index (χ4v) is 21.3. The lowest BCUT2D eigenvalue weighted by Gasteiger charge is -2.33. The van der Waals surface area contributed by atoms with Crippen molar-refractivity contribution in [2.75, 3.05) is 77.6 Å². The molecule has 0 radical (unpaired) electrons. The summed E-state index contributed by atoms with van der Waals surface area (Å²) in [7, 11) is 0. The number of carbonyl (C=O) groups is 6. The normalized spacial score (nSPS) is 14.0. The van der Waals surface area contributed by atoms with Gasteiger partial charge in [-0.25, -0.2) is 0 Å². The van der Waals surface area contributed by atoms with E-state index in [0.29, 0.717) is 113 Å². The topological polar surface area (TPSA) is 161 Å². The number of nitrogens with one attached hydrogen (secondary N) is 1. The van der Waals surface area contributed by atoms with E-state index in [9.17, 15) is 28.8 Å². The molecule has 139 heavy (non-hydrogen) atoms. The van der Waals surface area contributed by atoms with E-state index in [1.54, 1.807) is 0 Å². The SMILES string of the molecule is C1CCNC1.CCCCCCCCCCN(C(=O)CCCCBr)C(CCCCCCCCC(=O)OCC(CCCC)CCCCCC)CCCCCCCCC(=O)OCC(CCCC)CCCCCC.CCCCCCCCCCN(C(=O)CCCCN1CCCC1)C(CCCCCCCCC(=O)OCC(CCCC)CCCCCC)CCCCCCCCC(=O)OCC(CCCC)CCCCCC. The molecule has 2 amide bonds. The van der Waals surface area contributed by atoms with Gasteiger partial charge in [-0.15, -0.1) is 0 Å². The molecular formula is C124H241BrN4O10. The van der Waals surface area contributed by atoms with E-state index in [1.807, 2.05) is 0 Å². The van der Waals surface area contributed by atoms with Crippen molar-refractivity contribution in [3.05, 3.63) is 0 Å². The number of halogens is 1. The Kier molecular flexibility index (Phi) is 107. The Labute approximate surface area is 874 Å². The van der Waals surface area contributed by atoms with Crippen molar-refractivity contribution >= 4 is 51.6 Å². The van der Waals surface area contributed by atoms with Crippen LogP contribution >= 0.6 is 15.9 Å². The van der Waals surface area contributed by atoms with E-state index >= 15 is 0 Å². The molecule has 0 saturated carbocycles. The molecule has 2 fully saturated rings. The number of alkyl halides is 1. The Balaban J connectivity index is 0.00000261. The highest BCUT2D eigenvalue weighted by Crippen LogP contribution is 2.29. The van der Waals surface area contributed by atoms with Gasteiger partial charge in [0.2, 0.25) is 11.8 Å². The molecule has 0 aromatic rings. The first-order valence-corrected chi connectivity index (χ1v) is 63.6. The van der Waals surface area contributed by atoms with Crippen LogP contribution in [0.1, 0.15) is 647 Å². The van der Waals surface area contributed by atoms with Crippen LogP contribution in [0.5, 0.6) is 0 Å². The summed E-state index contributed by atoms with van der Waals surface area (Å²) in [4.78, 5) is 85.9. The lowest BCUT2D eigenvalue weighted by atomic mass is 9.96. The molecule has 14 nitrogen and oxygen atoms in total. The van der Waals surface area contributed by atoms with Crippen molar-refractivity contribution in [3.8, 4) is 0 Å². The molecule has 2 saturated heterocycles. The first kappa shape index (κ1) is 136. The van der Waals surface area contributed by atoms with Gasteiger partial charge in [0.05, 0.1) is 26.4 Å².